The molecule has 0 saturated heterocycles. The van der Waals surface area contributed by atoms with Crippen LogP contribution in [0.2, 0.25) is 0 Å². The van der Waals surface area contributed by atoms with E-state index in [1.165, 1.54) is 17.8 Å². The third-order valence-corrected chi connectivity index (χ3v) is 2.97. The predicted octanol–water partition coefficient (Wildman–Crippen LogP) is 4.05. The van der Waals surface area contributed by atoms with Gasteiger partial charge in [-0.3, -0.25) is 4.99 Å². The summed E-state index contributed by atoms with van der Waals surface area (Å²) in [5.74, 6) is -0.149. The number of esters is 1. The van der Waals surface area contributed by atoms with Crippen LogP contribution >= 0.6 is 0 Å². The molecule has 1 aromatic carbocycles. The smallest absolute Gasteiger partial charge is 0.332 e. The van der Waals surface area contributed by atoms with Gasteiger partial charge in [-0.25, -0.2) is 4.79 Å². The number of nitrogens with zero attached hydrogens (tertiary/aromatic N) is 1. The minimum absolute atomic E-state index is 0.240. The number of hydrogen-bond donors (Lipinski definition) is 0. The highest BCUT2D eigenvalue weighted by Crippen LogP contribution is 2.23. The standard InChI is InChI=1S/C18H21NO2/c1-4-16(15(3)17-9-7-6-8-10-17)11-13-19-14-12-18(20)21-5-2/h4,6-15H,1,5H2,2-3H3/b14-12+,16-11+,19-13+. The summed E-state index contributed by atoms with van der Waals surface area (Å²) >= 11 is 0. The molecule has 0 bridgehead atoms. The summed E-state index contributed by atoms with van der Waals surface area (Å²) in [6.45, 7) is 8.08. The molecule has 3 heteroatoms. The molecule has 0 radical (unpaired) electrons. The Labute approximate surface area is 126 Å². The summed E-state index contributed by atoms with van der Waals surface area (Å²) in [5.41, 5.74) is 2.29. The van der Waals surface area contributed by atoms with Crippen LogP contribution in [0, 0.1) is 0 Å². The maximum Gasteiger partial charge on any atom is 0.332 e. The van der Waals surface area contributed by atoms with Crippen LogP contribution < -0.4 is 0 Å². The van der Waals surface area contributed by atoms with Crippen LogP contribution in [0.5, 0.6) is 0 Å². The average Bonchev–Trinajstić information content (AvgIpc) is 2.51. The van der Waals surface area contributed by atoms with Gasteiger partial charge in [-0.2, -0.15) is 0 Å². The van der Waals surface area contributed by atoms with Crippen molar-refractivity contribution in [2.45, 2.75) is 19.8 Å². The van der Waals surface area contributed by atoms with Crippen molar-refractivity contribution >= 4 is 12.2 Å². The number of hydrogen-bond acceptors (Lipinski definition) is 3. The molecule has 0 spiro atoms. The third-order valence-electron chi connectivity index (χ3n) is 2.97. The van der Waals surface area contributed by atoms with Gasteiger partial charge in [0.15, 0.2) is 0 Å². The lowest BCUT2D eigenvalue weighted by atomic mass is 9.93. The normalized spacial score (nSPS) is 13.5. The van der Waals surface area contributed by atoms with Crippen LogP contribution in [-0.2, 0) is 9.53 Å². The summed E-state index contributed by atoms with van der Waals surface area (Å²) in [4.78, 5) is 15.1. The first-order valence-electron chi connectivity index (χ1n) is 6.93. The van der Waals surface area contributed by atoms with E-state index in [1.54, 1.807) is 13.1 Å². The van der Waals surface area contributed by atoms with Crippen molar-refractivity contribution < 1.29 is 9.53 Å². The number of benzene rings is 1. The van der Waals surface area contributed by atoms with Crippen LogP contribution in [0.1, 0.15) is 25.3 Å². The minimum atomic E-state index is -0.389. The van der Waals surface area contributed by atoms with E-state index < -0.39 is 0 Å². The molecule has 3 nitrogen and oxygen atoms in total. The van der Waals surface area contributed by atoms with E-state index >= 15 is 0 Å². The Hall–Kier alpha value is -2.42. The van der Waals surface area contributed by atoms with Gasteiger partial charge < -0.3 is 4.74 Å². The summed E-state index contributed by atoms with van der Waals surface area (Å²) < 4.78 is 4.76. The fourth-order valence-corrected chi connectivity index (χ4v) is 1.80. The molecule has 1 atom stereocenters. The van der Waals surface area contributed by atoms with Crippen LogP contribution in [0.15, 0.2) is 71.9 Å². The monoisotopic (exact) mass is 283 g/mol. The van der Waals surface area contributed by atoms with Gasteiger partial charge in [-0.15, -0.1) is 0 Å². The van der Waals surface area contributed by atoms with Gasteiger partial charge >= 0.3 is 5.97 Å². The molecule has 21 heavy (non-hydrogen) atoms. The Kier molecular flexibility index (Phi) is 7.51. The third kappa shape index (κ3) is 6.04. The second kappa shape index (κ2) is 9.48. The molecule has 0 fully saturated rings. The first kappa shape index (κ1) is 16.6. The molecule has 1 aromatic rings. The highest BCUT2D eigenvalue weighted by atomic mass is 16.5. The van der Waals surface area contributed by atoms with Gasteiger partial charge in [-0.05, 0) is 24.1 Å². The second-order valence-electron chi connectivity index (χ2n) is 4.37. The first-order valence-corrected chi connectivity index (χ1v) is 6.93. The van der Waals surface area contributed by atoms with E-state index in [9.17, 15) is 4.79 Å². The Bertz CT molecular complexity index is 542. The van der Waals surface area contributed by atoms with Crippen LogP contribution in [0.25, 0.3) is 0 Å². The summed E-state index contributed by atoms with van der Waals surface area (Å²) in [5, 5.41) is 0. The zero-order valence-electron chi connectivity index (χ0n) is 12.5. The van der Waals surface area contributed by atoms with Gasteiger partial charge in [0.1, 0.15) is 0 Å². The molecule has 0 aromatic heterocycles. The van der Waals surface area contributed by atoms with Gasteiger partial charge in [0, 0.05) is 24.4 Å². The number of allylic oxidation sites excluding steroid dienone is 3. The first-order chi connectivity index (χ1) is 10.2. The second-order valence-corrected chi connectivity index (χ2v) is 4.37. The molecular weight excluding hydrogens is 262 g/mol. The number of aliphatic imine (C=N–C) groups is 1. The van der Waals surface area contributed by atoms with E-state index in [2.05, 4.69) is 30.6 Å². The number of carbonyl (C=O) groups excluding carboxylic acids is 1. The van der Waals surface area contributed by atoms with Crippen molar-refractivity contribution in [2.24, 2.45) is 4.99 Å². The molecule has 0 aliphatic heterocycles. The van der Waals surface area contributed by atoms with Crippen molar-refractivity contribution in [3.63, 3.8) is 0 Å². The Balaban J connectivity index is 2.68. The molecule has 0 saturated carbocycles. The molecular formula is C18H21NO2. The molecule has 1 rings (SSSR count). The Morgan fingerprint density at radius 1 is 1.38 bits per heavy atom. The van der Waals surface area contributed by atoms with Gasteiger partial charge in [0.2, 0.25) is 0 Å². The maximum atomic E-state index is 11.1. The zero-order valence-corrected chi connectivity index (χ0v) is 12.5. The maximum absolute atomic E-state index is 11.1. The highest BCUT2D eigenvalue weighted by molar-refractivity contribution is 5.82. The molecule has 1 unspecified atom stereocenters. The fraction of sp³-hybridized carbons (Fsp3) is 0.222. The van der Waals surface area contributed by atoms with Crippen LogP contribution in [0.3, 0.4) is 0 Å². The summed E-state index contributed by atoms with van der Waals surface area (Å²) in [6, 6.07) is 10.2. The lowest BCUT2D eigenvalue weighted by molar-refractivity contribution is -0.137. The van der Waals surface area contributed by atoms with Crippen molar-refractivity contribution in [1.82, 2.24) is 0 Å². The van der Waals surface area contributed by atoms with Gasteiger partial charge in [0.05, 0.1) is 6.61 Å². The largest absolute Gasteiger partial charge is 0.463 e. The van der Waals surface area contributed by atoms with E-state index in [-0.39, 0.29) is 11.9 Å². The van der Waals surface area contributed by atoms with E-state index in [1.807, 2.05) is 30.4 Å². The molecule has 0 aliphatic rings. The molecule has 110 valence electrons. The number of ether oxygens (including phenoxy) is 1. The van der Waals surface area contributed by atoms with E-state index in [4.69, 9.17) is 4.74 Å². The Morgan fingerprint density at radius 2 is 2.10 bits per heavy atom. The minimum Gasteiger partial charge on any atom is -0.463 e. The van der Waals surface area contributed by atoms with E-state index in [0.717, 1.165) is 5.57 Å². The van der Waals surface area contributed by atoms with Crippen LogP contribution in [0.4, 0.5) is 0 Å². The quantitative estimate of drug-likeness (QED) is 0.328. The predicted molar refractivity (Wildman–Crippen MR) is 87.4 cm³/mol. The van der Waals surface area contributed by atoms with Crippen LogP contribution in [-0.4, -0.2) is 18.8 Å². The molecule has 0 heterocycles. The Morgan fingerprint density at radius 3 is 2.71 bits per heavy atom. The SMILES string of the molecule is C=C\C(=C/C=N/C=C/C(=O)OCC)C(C)c1ccccc1. The van der Waals surface area contributed by atoms with Crippen molar-refractivity contribution in [3.05, 3.63) is 72.5 Å². The van der Waals surface area contributed by atoms with Gasteiger partial charge in [0.25, 0.3) is 0 Å². The van der Waals surface area contributed by atoms with Crippen molar-refractivity contribution in [1.29, 1.82) is 0 Å². The average molecular weight is 283 g/mol. The lowest BCUT2D eigenvalue weighted by Gasteiger charge is -2.12. The molecule has 0 amide bonds. The lowest BCUT2D eigenvalue weighted by Crippen LogP contribution is -1.98. The summed E-state index contributed by atoms with van der Waals surface area (Å²) in [6.07, 6.45) is 8.07. The zero-order chi connectivity index (χ0) is 15.5. The number of rotatable bonds is 7. The van der Waals surface area contributed by atoms with Gasteiger partial charge in [-0.1, -0.05) is 49.9 Å². The van der Waals surface area contributed by atoms with Crippen molar-refractivity contribution in [2.75, 3.05) is 6.61 Å². The van der Waals surface area contributed by atoms with E-state index in [0.29, 0.717) is 6.61 Å². The number of carbonyl (C=O) groups is 1. The molecule has 0 aliphatic carbocycles. The van der Waals surface area contributed by atoms with Crippen molar-refractivity contribution in [3.8, 4) is 0 Å². The molecule has 0 N–H and O–H groups in total. The topological polar surface area (TPSA) is 38.7 Å². The highest BCUT2D eigenvalue weighted by Gasteiger charge is 2.06. The fourth-order valence-electron chi connectivity index (χ4n) is 1.80. The summed E-state index contributed by atoms with van der Waals surface area (Å²) in [7, 11) is 0.